The minimum atomic E-state index is -0.0470. The number of benzene rings is 2. The Morgan fingerprint density at radius 3 is 2.73 bits per heavy atom. The zero-order chi connectivity index (χ0) is 25.8. The maximum atomic E-state index is 13.2. The Morgan fingerprint density at radius 1 is 1.16 bits per heavy atom. The maximum Gasteiger partial charge on any atom is 0.252 e. The molecule has 0 saturated carbocycles. The van der Waals surface area contributed by atoms with Crippen LogP contribution in [0.2, 0.25) is 0 Å². The summed E-state index contributed by atoms with van der Waals surface area (Å²) in [4.78, 5) is 18.7. The molecule has 1 N–H and O–H groups in total. The van der Waals surface area contributed by atoms with Crippen LogP contribution in [-0.4, -0.2) is 49.3 Å². The van der Waals surface area contributed by atoms with E-state index in [0.717, 1.165) is 61.1 Å². The number of nitrogens with zero attached hydrogens (tertiary/aromatic N) is 5. The Bertz CT molecular complexity index is 1390. The summed E-state index contributed by atoms with van der Waals surface area (Å²) >= 11 is 0. The molecule has 0 spiro atoms. The highest BCUT2D eigenvalue weighted by Gasteiger charge is 2.27. The molecule has 2 aromatic carbocycles. The van der Waals surface area contributed by atoms with Crippen molar-refractivity contribution in [2.45, 2.75) is 71.7 Å². The summed E-state index contributed by atoms with van der Waals surface area (Å²) in [5.41, 5.74) is 5.23. The van der Waals surface area contributed by atoms with Gasteiger partial charge in [0.1, 0.15) is 0 Å². The molecule has 1 aliphatic heterocycles. The lowest BCUT2D eigenvalue weighted by molar-refractivity contribution is 0.0893. The summed E-state index contributed by atoms with van der Waals surface area (Å²) in [6.45, 7) is 9.07. The second-order valence-corrected chi connectivity index (χ2v) is 10.1. The van der Waals surface area contributed by atoms with Gasteiger partial charge < -0.3 is 9.72 Å². The van der Waals surface area contributed by atoms with Gasteiger partial charge in [0.2, 0.25) is 0 Å². The molecule has 1 aliphatic rings. The van der Waals surface area contributed by atoms with Crippen molar-refractivity contribution in [2.75, 3.05) is 13.2 Å². The first-order chi connectivity index (χ1) is 18.0. The van der Waals surface area contributed by atoms with Gasteiger partial charge in [-0.15, -0.1) is 5.10 Å². The van der Waals surface area contributed by atoms with E-state index in [1.165, 1.54) is 16.7 Å². The van der Waals surface area contributed by atoms with Crippen LogP contribution in [-0.2, 0) is 24.2 Å². The fourth-order valence-electron chi connectivity index (χ4n) is 5.29. The molecule has 3 heterocycles. The van der Waals surface area contributed by atoms with E-state index in [-0.39, 0.29) is 17.7 Å². The molecule has 0 bridgehead atoms. The second kappa shape index (κ2) is 11.4. The number of fused-ring (bicyclic) bond motifs is 1. The Morgan fingerprint density at radius 2 is 1.97 bits per heavy atom. The molecule has 8 nitrogen and oxygen atoms in total. The molecule has 0 radical (unpaired) electrons. The predicted molar refractivity (Wildman–Crippen MR) is 144 cm³/mol. The largest absolute Gasteiger partial charge is 0.376 e. The van der Waals surface area contributed by atoms with E-state index in [1.54, 1.807) is 0 Å². The minimum Gasteiger partial charge on any atom is -0.376 e. The van der Waals surface area contributed by atoms with Gasteiger partial charge in [0, 0.05) is 30.8 Å². The summed E-state index contributed by atoms with van der Waals surface area (Å²) in [6.07, 6.45) is 3.94. The Hall–Kier alpha value is -3.36. The minimum absolute atomic E-state index is 0.0324. The molecule has 8 heteroatoms. The number of aromatic amines is 1. The molecule has 37 heavy (non-hydrogen) atoms. The average Bonchev–Trinajstić information content (AvgIpc) is 3.58. The molecule has 1 fully saturated rings. The molecule has 2 aromatic heterocycles. The molecular formula is C29H36N6O2. The number of aromatic nitrogens is 5. The van der Waals surface area contributed by atoms with Gasteiger partial charge >= 0.3 is 0 Å². The van der Waals surface area contributed by atoms with Crippen molar-refractivity contribution in [2.24, 2.45) is 0 Å². The summed E-state index contributed by atoms with van der Waals surface area (Å²) in [7, 11) is 0. The maximum absolute atomic E-state index is 13.2. The normalized spacial score (nSPS) is 16.6. The van der Waals surface area contributed by atoms with Crippen molar-refractivity contribution < 1.29 is 4.74 Å². The Balaban J connectivity index is 1.47. The molecule has 5 rings (SSSR count). The zero-order valence-corrected chi connectivity index (χ0v) is 22.0. The lowest BCUT2D eigenvalue weighted by Gasteiger charge is -2.30. The van der Waals surface area contributed by atoms with Crippen LogP contribution < -0.4 is 5.56 Å². The van der Waals surface area contributed by atoms with Gasteiger partial charge in [0.05, 0.1) is 18.7 Å². The fourth-order valence-corrected chi connectivity index (χ4v) is 5.29. The first-order valence-corrected chi connectivity index (χ1v) is 13.3. The van der Waals surface area contributed by atoms with E-state index in [1.807, 2.05) is 16.8 Å². The van der Waals surface area contributed by atoms with E-state index >= 15 is 0 Å². The number of H-pyrrole nitrogens is 1. The van der Waals surface area contributed by atoms with Gasteiger partial charge in [-0.3, -0.25) is 9.69 Å². The van der Waals surface area contributed by atoms with Crippen molar-refractivity contribution in [3.05, 3.63) is 87.0 Å². The molecule has 0 amide bonds. The average molecular weight is 501 g/mol. The summed E-state index contributed by atoms with van der Waals surface area (Å²) < 4.78 is 7.75. The Labute approximate surface area is 217 Å². The first kappa shape index (κ1) is 25.3. The number of ether oxygens (including phenoxy) is 1. The molecule has 4 aromatic rings. The van der Waals surface area contributed by atoms with Gasteiger partial charge in [-0.25, -0.2) is 4.68 Å². The molecule has 2 atom stereocenters. The van der Waals surface area contributed by atoms with Crippen molar-refractivity contribution in [1.29, 1.82) is 0 Å². The lowest BCUT2D eigenvalue weighted by atomic mass is 10.0. The summed E-state index contributed by atoms with van der Waals surface area (Å²) in [5.74, 6) is 0.828. The van der Waals surface area contributed by atoms with Gasteiger partial charge in [-0.05, 0) is 90.2 Å². The van der Waals surface area contributed by atoms with E-state index in [4.69, 9.17) is 4.74 Å². The topological polar surface area (TPSA) is 88.9 Å². The van der Waals surface area contributed by atoms with Crippen LogP contribution in [0.15, 0.2) is 53.3 Å². The van der Waals surface area contributed by atoms with Crippen molar-refractivity contribution in [1.82, 2.24) is 30.1 Å². The SMILES string of the molecule is CC[C@H](c1nnnn1C[C@H]1CCCO1)N(CCc1ccccc1)Cc1cc2cc(C)c(C)cc2[nH]c1=O. The quantitative estimate of drug-likeness (QED) is 0.345. The monoisotopic (exact) mass is 500 g/mol. The molecular weight excluding hydrogens is 464 g/mol. The zero-order valence-electron chi connectivity index (χ0n) is 22.0. The van der Waals surface area contributed by atoms with Gasteiger partial charge in [-0.1, -0.05) is 37.3 Å². The van der Waals surface area contributed by atoms with Gasteiger partial charge in [-0.2, -0.15) is 0 Å². The van der Waals surface area contributed by atoms with Crippen molar-refractivity contribution in [3.63, 3.8) is 0 Å². The number of nitrogens with one attached hydrogen (secondary N) is 1. The third-order valence-electron chi connectivity index (χ3n) is 7.53. The number of tetrazole rings is 1. The first-order valence-electron chi connectivity index (χ1n) is 13.3. The highest BCUT2D eigenvalue weighted by atomic mass is 16.5. The van der Waals surface area contributed by atoms with Crippen molar-refractivity contribution in [3.8, 4) is 0 Å². The van der Waals surface area contributed by atoms with E-state index in [0.29, 0.717) is 13.1 Å². The molecule has 0 unspecified atom stereocenters. The van der Waals surface area contributed by atoms with Gasteiger partial charge in [0.25, 0.3) is 5.56 Å². The number of hydrogen-bond acceptors (Lipinski definition) is 6. The van der Waals surface area contributed by atoms with E-state index in [2.05, 4.69) is 82.6 Å². The van der Waals surface area contributed by atoms with Crippen LogP contribution in [0.3, 0.4) is 0 Å². The molecule has 0 aliphatic carbocycles. The van der Waals surface area contributed by atoms with Crippen LogP contribution in [0.25, 0.3) is 10.9 Å². The van der Waals surface area contributed by atoms with Crippen LogP contribution >= 0.6 is 0 Å². The number of hydrogen-bond donors (Lipinski definition) is 1. The molecule has 194 valence electrons. The van der Waals surface area contributed by atoms with E-state index < -0.39 is 0 Å². The van der Waals surface area contributed by atoms with Crippen LogP contribution in [0.4, 0.5) is 0 Å². The number of pyridine rings is 1. The highest BCUT2D eigenvalue weighted by Crippen LogP contribution is 2.26. The third-order valence-corrected chi connectivity index (χ3v) is 7.53. The standard InChI is InChI=1S/C29H36N6O2/c1-4-27(28-31-32-33-35(28)19-25-11-8-14-37-25)34(13-12-22-9-6-5-7-10-22)18-24-17-23-15-20(2)21(3)16-26(23)30-29(24)36/h5-7,9-10,15-17,25,27H,4,8,11-14,18-19H2,1-3H3,(H,30,36)/t25-,27-/m1/s1. The molecule has 1 saturated heterocycles. The fraction of sp³-hybridized carbons (Fsp3) is 0.448. The smallest absolute Gasteiger partial charge is 0.252 e. The van der Waals surface area contributed by atoms with Gasteiger partial charge in [0.15, 0.2) is 5.82 Å². The summed E-state index contributed by atoms with van der Waals surface area (Å²) in [5, 5.41) is 13.9. The highest BCUT2D eigenvalue weighted by molar-refractivity contribution is 5.80. The number of rotatable bonds is 10. The number of aryl methyl sites for hydroxylation is 2. The predicted octanol–water partition coefficient (Wildman–Crippen LogP) is 4.51. The summed E-state index contributed by atoms with van der Waals surface area (Å²) in [6, 6.07) is 16.7. The van der Waals surface area contributed by atoms with Crippen LogP contribution in [0, 0.1) is 13.8 Å². The van der Waals surface area contributed by atoms with Crippen molar-refractivity contribution >= 4 is 10.9 Å². The van der Waals surface area contributed by atoms with Crippen LogP contribution in [0.1, 0.15) is 60.3 Å². The second-order valence-electron chi connectivity index (χ2n) is 10.1. The third kappa shape index (κ3) is 5.81. The van der Waals surface area contributed by atoms with Crippen LogP contribution in [0.5, 0.6) is 0 Å². The lowest BCUT2D eigenvalue weighted by Crippen LogP contribution is -2.34. The van der Waals surface area contributed by atoms with E-state index in [9.17, 15) is 4.79 Å². The Kier molecular flexibility index (Phi) is 7.76.